The number of piperazine rings is 1. The SMILES string of the molecule is CC(C)CC(=O)N1CCN(Cc2nc(N)c3ccccc3n2)CC1. The highest BCUT2D eigenvalue weighted by molar-refractivity contribution is 5.87. The van der Waals surface area contributed by atoms with Gasteiger partial charge in [-0.05, 0) is 18.1 Å². The number of hydrogen-bond acceptors (Lipinski definition) is 5. The summed E-state index contributed by atoms with van der Waals surface area (Å²) >= 11 is 0. The van der Waals surface area contributed by atoms with Crippen molar-refractivity contribution in [3.63, 3.8) is 0 Å². The summed E-state index contributed by atoms with van der Waals surface area (Å²) < 4.78 is 0. The second kappa shape index (κ2) is 7.13. The number of aromatic nitrogens is 2. The number of amides is 1. The van der Waals surface area contributed by atoms with E-state index < -0.39 is 0 Å². The van der Waals surface area contributed by atoms with Crippen molar-refractivity contribution in [1.29, 1.82) is 0 Å². The minimum absolute atomic E-state index is 0.260. The Morgan fingerprint density at radius 3 is 2.58 bits per heavy atom. The first-order valence-corrected chi connectivity index (χ1v) is 8.54. The Bertz CT molecular complexity index is 722. The van der Waals surface area contributed by atoms with Crippen LogP contribution in [-0.2, 0) is 11.3 Å². The van der Waals surface area contributed by atoms with Gasteiger partial charge in [-0.1, -0.05) is 26.0 Å². The monoisotopic (exact) mass is 327 g/mol. The molecule has 2 aromatic rings. The third kappa shape index (κ3) is 3.82. The maximum Gasteiger partial charge on any atom is 0.222 e. The number of anilines is 1. The second-order valence-corrected chi connectivity index (χ2v) is 6.80. The predicted molar refractivity (Wildman–Crippen MR) is 95.3 cm³/mol. The number of benzene rings is 1. The fourth-order valence-corrected chi connectivity index (χ4v) is 3.06. The summed E-state index contributed by atoms with van der Waals surface area (Å²) in [5.74, 6) is 1.94. The number of nitrogens with zero attached hydrogens (tertiary/aromatic N) is 4. The molecule has 1 saturated heterocycles. The van der Waals surface area contributed by atoms with Gasteiger partial charge in [-0.3, -0.25) is 9.69 Å². The van der Waals surface area contributed by atoms with Crippen LogP contribution in [0.2, 0.25) is 0 Å². The van der Waals surface area contributed by atoms with E-state index in [1.165, 1.54) is 0 Å². The number of nitrogen functional groups attached to an aromatic ring is 1. The minimum Gasteiger partial charge on any atom is -0.383 e. The van der Waals surface area contributed by atoms with E-state index in [0.29, 0.717) is 24.7 Å². The van der Waals surface area contributed by atoms with E-state index in [9.17, 15) is 4.79 Å². The molecule has 0 bridgehead atoms. The van der Waals surface area contributed by atoms with Crippen LogP contribution in [0.1, 0.15) is 26.1 Å². The first kappa shape index (κ1) is 16.6. The van der Waals surface area contributed by atoms with E-state index in [4.69, 9.17) is 5.73 Å². The lowest BCUT2D eigenvalue weighted by atomic mass is 10.1. The molecule has 6 heteroatoms. The van der Waals surface area contributed by atoms with E-state index in [-0.39, 0.29) is 5.91 Å². The maximum absolute atomic E-state index is 12.1. The summed E-state index contributed by atoms with van der Waals surface area (Å²) in [5, 5.41) is 0.894. The number of carbonyl (C=O) groups excluding carboxylic acids is 1. The Hall–Kier alpha value is -2.21. The molecule has 128 valence electrons. The van der Waals surface area contributed by atoms with Gasteiger partial charge in [-0.15, -0.1) is 0 Å². The molecule has 1 fully saturated rings. The third-order valence-electron chi connectivity index (χ3n) is 4.35. The molecule has 0 aliphatic carbocycles. The number of nitrogens with two attached hydrogens (primary N) is 1. The molecule has 2 heterocycles. The standard InChI is InChI=1S/C18H25N5O/c1-13(2)11-17(24)23-9-7-22(8-10-23)12-16-20-15-6-4-3-5-14(15)18(19)21-16/h3-6,13H,7-12H2,1-2H3,(H2,19,20,21). The minimum atomic E-state index is 0.260. The number of rotatable bonds is 4. The molecule has 0 unspecified atom stereocenters. The lowest BCUT2D eigenvalue weighted by Crippen LogP contribution is -2.48. The van der Waals surface area contributed by atoms with Gasteiger partial charge in [0.25, 0.3) is 0 Å². The van der Waals surface area contributed by atoms with Crippen LogP contribution in [-0.4, -0.2) is 51.9 Å². The van der Waals surface area contributed by atoms with Crippen LogP contribution in [0.4, 0.5) is 5.82 Å². The Morgan fingerprint density at radius 1 is 1.17 bits per heavy atom. The van der Waals surface area contributed by atoms with Gasteiger partial charge in [-0.2, -0.15) is 0 Å². The number of hydrogen-bond donors (Lipinski definition) is 1. The number of fused-ring (bicyclic) bond motifs is 1. The fraction of sp³-hybridized carbons (Fsp3) is 0.500. The van der Waals surface area contributed by atoms with Crippen molar-refractivity contribution in [1.82, 2.24) is 19.8 Å². The molecule has 2 N–H and O–H groups in total. The number of para-hydroxylation sites is 1. The van der Waals surface area contributed by atoms with E-state index in [2.05, 4.69) is 28.7 Å². The van der Waals surface area contributed by atoms with Crippen LogP contribution in [0, 0.1) is 5.92 Å². The summed E-state index contributed by atoms with van der Waals surface area (Å²) in [6.07, 6.45) is 0.629. The first-order valence-electron chi connectivity index (χ1n) is 8.54. The Morgan fingerprint density at radius 2 is 1.88 bits per heavy atom. The quantitative estimate of drug-likeness (QED) is 0.928. The zero-order valence-corrected chi connectivity index (χ0v) is 14.4. The van der Waals surface area contributed by atoms with Crippen molar-refractivity contribution in [2.24, 2.45) is 5.92 Å². The molecule has 3 rings (SSSR count). The summed E-state index contributed by atoms with van der Waals surface area (Å²) in [5.41, 5.74) is 6.93. The van der Waals surface area contributed by atoms with Gasteiger partial charge in [0, 0.05) is 38.0 Å². The molecule has 1 aliphatic heterocycles. The first-order chi connectivity index (χ1) is 11.5. The topological polar surface area (TPSA) is 75.4 Å². The Balaban J connectivity index is 1.61. The summed E-state index contributed by atoms with van der Waals surface area (Å²) in [7, 11) is 0. The van der Waals surface area contributed by atoms with Gasteiger partial charge in [-0.25, -0.2) is 9.97 Å². The van der Waals surface area contributed by atoms with E-state index in [1.54, 1.807) is 0 Å². The van der Waals surface area contributed by atoms with Crippen LogP contribution >= 0.6 is 0 Å². The van der Waals surface area contributed by atoms with Gasteiger partial charge in [0.05, 0.1) is 12.1 Å². The molecular weight excluding hydrogens is 302 g/mol. The molecule has 1 aromatic carbocycles. The van der Waals surface area contributed by atoms with Crippen molar-refractivity contribution < 1.29 is 4.79 Å². The van der Waals surface area contributed by atoms with Crippen LogP contribution < -0.4 is 5.73 Å². The summed E-state index contributed by atoms with van der Waals surface area (Å²) in [6.45, 7) is 8.07. The lowest BCUT2D eigenvalue weighted by Gasteiger charge is -2.34. The molecule has 0 atom stereocenters. The van der Waals surface area contributed by atoms with Gasteiger partial charge in [0.1, 0.15) is 11.6 Å². The lowest BCUT2D eigenvalue weighted by molar-refractivity contribution is -0.133. The molecule has 24 heavy (non-hydrogen) atoms. The normalized spacial score (nSPS) is 16.0. The van der Waals surface area contributed by atoms with Gasteiger partial charge in [0.15, 0.2) is 0 Å². The fourth-order valence-electron chi connectivity index (χ4n) is 3.06. The Labute approximate surface area is 142 Å². The largest absolute Gasteiger partial charge is 0.383 e. The number of carbonyl (C=O) groups is 1. The maximum atomic E-state index is 12.1. The second-order valence-electron chi connectivity index (χ2n) is 6.80. The van der Waals surface area contributed by atoms with Crippen LogP contribution in [0.15, 0.2) is 24.3 Å². The van der Waals surface area contributed by atoms with Gasteiger partial charge < -0.3 is 10.6 Å². The highest BCUT2D eigenvalue weighted by atomic mass is 16.2. The van der Waals surface area contributed by atoms with Crippen molar-refractivity contribution in [2.75, 3.05) is 31.9 Å². The van der Waals surface area contributed by atoms with Crippen LogP contribution in [0.5, 0.6) is 0 Å². The third-order valence-corrected chi connectivity index (χ3v) is 4.35. The van der Waals surface area contributed by atoms with Gasteiger partial charge >= 0.3 is 0 Å². The highest BCUT2D eigenvalue weighted by Gasteiger charge is 2.22. The molecule has 6 nitrogen and oxygen atoms in total. The molecule has 1 aliphatic rings. The smallest absolute Gasteiger partial charge is 0.222 e. The van der Waals surface area contributed by atoms with Crippen molar-refractivity contribution >= 4 is 22.6 Å². The highest BCUT2D eigenvalue weighted by Crippen LogP contribution is 2.18. The zero-order valence-electron chi connectivity index (χ0n) is 14.4. The molecular formula is C18H25N5O. The molecule has 0 spiro atoms. The molecule has 0 radical (unpaired) electrons. The van der Waals surface area contributed by atoms with Gasteiger partial charge in [0.2, 0.25) is 5.91 Å². The summed E-state index contributed by atoms with van der Waals surface area (Å²) in [6, 6.07) is 7.79. The molecule has 1 amide bonds. The summed E-state index contributed by atoms with van der Waals surface area (Å²) in [4.78, 5) is 25.4. The average Bonchev–Trinajstić information content (AvgIpc) is 2.55. The van der Waals surface area contributed by atoms with Crippen molar-refractivity contribution in [3.8, 4) is 0 Å². The predicted octanol–water partition coefficient (Wildman–Crippen LogP) is 1.90. The Kier molecular flexibility index (Phi) is 4.94. The molecule has 1 aromatic heterocycles. The van der Waals surface area contributed by atoms with E-state index in [1.807, 2.05) is 29.2 Å². The van der Waals surface area contributed by atoms with E-state index in [0.717, 1.165) is 42.9 Å². The van der Waals surface area contributed by atoms with Crippen molar-refractivity contribution in [3.05, 3.63) is 30.1 Å². The van der Waals surface area contributed by atoms with Crippen LogP contribution in [0.25, 0.3) is 10.9 Å². The van der Waals surface area contributed by atoms with Crippen LogP contribution in [0.3, 0.4) is 0 Å². The molecule has 0 saturated carbocycles. The van der Waals surface area contributed by atoms with E-state index >= 15 is 0 Å². The average molecular weight is 327 g/mol. The zero-order chi connectivity index (χ0) is 17.1. The van der Waals surface area contributed by atoms with Crippen molar-refractivity contribution in [2.45, 2.75) is 26.8 Å².